The predicted octanol–water partition coefficient (Wildman–Crippen LogP) is 3.41. The van der Waals surface area contributed by atoms with E-state index >= 15 is 0 Å². The first kappa shape index (κ1) is 18.1. The van der Waals surface area contributed by atoms with Crippen LogP contribution in [-0.4, -0.2) is 36.5 Å². The Bertz CT molecular complexity index is 491. The van der Waals surface area contributed by atoms with Crippen LogP contribution < -0.4 is 0 Å². The minimum atomic E-state index is -0.440. The number of hydrogen-bond donors (Lipinski definition) is 0. The van der Waals surface area contributed by atoms with Crippen molar-refractivity contribution in [3.63, 3.8) is 0 Å². The highest BCUT2D eigenvalue weighted by Crippen LogP contribution is 2.10. The first-order chi connectivity index (χ1) is 10.6. The summed E-state index contributed by atoms with van der Waals surface area (Å²) in [5.41, 5.74) is 0.306. The van der Waals surface area contributed by atoms with Crippen molar-refractivity contribution in [2.45, 2.75) is 39.5 Å². The summed E-state index contributed by atoms with van der Waals surface area (Å²) in [6.45, 7) is 5.00. The molecule has 0 atom stereocenters. The Morgan fingerprint density at radius 2 is 1.95 bits per heavy atom. The molecule has 0 aliphatic heterocycles. The fourth-order valence-electron chi connectivity index (χ4n) is 2.13. The molecule has 0 aliphatic rings. The van der Waals surface area contributed by atoms with Crippen LogP contribution in [-0.2, 0) is 9.53 Å². The van der Waals surface area contributed by atoms with Gasteiger partial charge in [-0.25, -0.2) is 4.39 Å². The van der Waals surface area contributed by atoms with Gasteiger partial charge in [0.2, 0.25) is 0 Å². The molecule has 0 unspecified atom stereocenters. The third-order valence-corrected chi connectivity index (χ3v) is 3.28. The van der Waals surface area contributed by atoms with Crippen molar-refractivity contribution in [2.75, 3.05) is 19.7 Å². The molecule has 5 heteroatoms. The van der Waals surface area contributed by atoms with Crippen LogP contribution in [0.5, 0.6) is 0 Å². The van der Waals surface area contributed by atoms with Gasteiger partial charge in [-0.3, -0.25) is 9.59 Å². The molecule has 0 aromatic heterocycles. The molecule has 1 aromatic rings. The molecule has 0 spiro atoms. The lowest BCUT2D eigenvalue weighted by molar-refractivity contribution is -0.143. The monoisotopic (exact) mass is 309 g/mol. The highest BCUT2D eigenvalue weighted by atomic mass is 19.1. The summed E-state index contributed by atoms with van der Waals surface area (Å²) < 4.78 is 18.2. The second-order valence-electron chi connectivity index (χ2n) is 5.06. The van der Waals surface area contributed by atoms with Crippen LogP contribution >= 0.6 is 0 Å². The van der Waals surface area contributed by atoms with Crippen LogP contribution in [0.15, 0.2) is 24.3 Å². The maximum absolute atomic E-state index is 13.3. The lowest BCUT2D eigenvalue weighted by Gasteiger charge is -2.22. The normalized spacial score (nSPS) is 10.3. The van der Waals surface area contributed by atoms with E-state index in [1.54, 1.807) is 17.9 Å². The molecule has 122 valence electrons. The fourth-order valence-corrected chi connectivity index (χ4v) is 2.13. The van der Waals surface area contributed by atoms with Gasteiger partial charge in [-0.2, -0.15) is 0 Å². The number of carbonyl (C=O) groups is 2. The van der Waals surface area contributed by atoms with Crippen LogP contribution in [0.4, 0.5) is 4.39 Å². The third-order valence-electron chi connectivity index (χ3n) is 3.28. The number of unbranched alkanes of at least 4 members (excludes halogenated alkanes) is 2. The molecule has 0 saturated carbocycles. The van der Waals surface area contributed by atoms with Crippen molar-refractivity contribution in [1.29, 1.82) is 0 Å². The number of halogens is 1. The average molecular weight is 309 g/mol. The van der Waals surface area contributed by atoms with E-state index in [0.717, 1.165) is 19.3 Å². The Kier molecular flexibility index (Phi) is 8.18. The highest BCUT2D eigenvalue weighted by Gasteiger charge is 2.17. The van der Waals surface area contributed by atoms with Gasteiger partial charge in [-0.05, 0) is 31.5 Å². The molecule has 0 bridgehead atoms. The van der Waals surface area contributed by atoms with Crippen molar-refractivity contribution < 1.29 is 18.7 Å². The zero-order valence-electron chi connectivity index (χ0n) is 13.3. The molecule has 1 amide bonds. The first-order valence-corrected chi connectivity index (χ1v) is 7.79. The Morgan fingerprint density at radius 3 is 2.59 bits per heavy atom. The molecule has 0 aliphatic carbocycles. The molecular weight excluding hydrogens is 285 g/mol. The Balaban J connectivity index is 2.70. The van der Waals surface area contributed by atoms with Gasteiger partial charge in [0, 0.05) is 18.7 Å². The van der Waals surface area contributed by atoms with E-state index in [2.05, 4.69) is 6.92 Å². The second-order valence-corrected chi connectivity index (χ2v) is 5.06. The van der Waals surface area contributed by atoms with Crippen molar-refractivity contribution in [1.82, 2.24) is 4.90 Å². The lowest BCUT2D eigenvalue weighted by atomic mass is 10.1. The molecule has 0 N–H and O–H groups in total. The largest absolute Gasteiger partial charge is 0.466 e. The van der Waals surface area contributed by atoms with Crippen molar-refractivity contribution >= 4 is 11.9 Å². The van der Waals surface area contributed by atoms with E-state index < -0.39 is 5.82 Å². The Morgan fingerprint density at radius 1 is 1.18 bits per heavy atom. The molecule has 0 heterocycles. The SMILES string of the molecule is CCCCCN(CCC(=O)OCC)C(=O)c1cccc(F)c1. The third kappa shape index (κ3) is 6.24. The molecule has 0 radical (unpaired) electrons. The van der Waals surface area contributed by atoms with Gasteiger partial charge in [0.25, 0.3) is 5.91 Å². The van der Waals surface area contributed by atoms with Crippen molar-refractivity contribution in [2.24, 2.45) is 0 Å². The lowest BCUT2D eigenvalue weighted by Crippen LogP contribution is -2.34. The maximum Gasteiger partial charge on any atom is 0.307 e. The Labute approximate surface area is 131 Å². The second kappa shape index (κ2) is 9.92. The number of carbonyl (C=O) groups excluding carboxylic acids is 2. The van der Waals surface area contributed by atoms with Gasteiger partial charge >= 0.3 is 5.97 Å². The molecule has 0 saturated heterocycles. The van der Waals surface area contributed by atoms with E-state index in [9.17, 15) is 14.0 Å². The van der Waals surface area contributed by atoms with Crippen LogP contribution in [0.25, 0.3) is 0 Å². The van der Waals surface area contributed by atoms with E-state index in [1.165, 1.54) is 18.2 Å². The summed E-state index contributed by atoms with van der Waals surface area (Å²) in [7, 11) is 0. The topological polar surface area (TPSA) is 46.6 Å². The molecule has 0 fully saturated rings. The number of nitrogens with zero attached hydrogens (tertiary/aromatic N) is 1. The number of ether oxygens (including phenoxy) is 1. The zero-order chi connectivity index (χ0) is 16.4. The number of benzene rings is 1. The quantitative estimate of drug-likeness (QED) is 0.519. The smallest absolute Gasteiger partial charge is 0.307 e. The van der Waals surface area contributed by atoms with Crippen LogP contribution in [0.3, 0.4) is 0 Å². The van der Waals surface area contributed by atoms with Crippen molar-refractivity contribution in [3.8, 4) is 0 Å². The average Bonchev–Trinajstić information content (AvgIpc) is 2.50. The van der Waals surface area contributed by atoms with Gasteiger partial charge < -0.3 is 9.64 Å². The highest BCUT2D eigenvalue weighted by molar-refractivity contribution is 5.94. The Hall–Kier alpha value is -1.91. The van der Waals surface area contributed by atoms with Crippen LogP contribution in [0.1, 0.15) is 49.9 Å². The van der Waals surface area contributed by atoms with Gasteiger partial charge in [0.05, 0.1) is 13.0 Å². The maximum atomic E-state index is 13.3. The van der Waals surface area contributed by atoms with Gasteiger partial charge in [0.1, 0.15) is 5.82 Å². The van der Waals surface area contributed by atoms with Crippen molar-refractivity contribution in [3.05, 3.63) is 35.6 Å². The van der Waals surface area contributed by atoms with Crippen LogP contribution in [0, 0.1) is 5.82 Å². The number of rotatable bonds is 9. The number of esters is 1. The minimum Gasteiger partial charge on any atom is -0.466 e. The van der Waals surface area contributed by atoms with E-state index in [4.69, 9.17) is 4.74 Å². The number of hydrogen-bond acceptors (Lipinski definition) is 3. The molecule has 22 heavy (non-hydrogen) atoms. The van der Waals surface area contributed by atoms with Crippen LogP contribution in [0.2, 0.25) is 0 Å². The predicted molar refractivity (Wildman–Crippen MR) is 83.1 cm³/mol. The first-order valence-electron chi connectivity index (χ1n) is 7.79. The van der Waals surface area contributed by atoms with Gasteiger partial charge in [-0.1, -0.05) is 25.8 Å². The summed E-state index contributed by atoms with van der Waals surface area (Å²) in [6.07, 6.45) is 3.06. The summed E-state index contributed by atoms with van der Waals surface area (Å²) in [5.74, 6) is -1.01. The summed E-state index contributed by atoms with van der Waals surface area (Å²) in [6, 6.07) is 5.62. The van der Waals surface area contributed by atoms with E-state index in [1.807, 2.05) is 0 Å². The summed E-state index contributed by atoms with van der Waals surface area (Å²) in [5, 5.41) is 0. The van der Waals surface area contributed by atoms with Gasteiger partial charge in [-0.15, -0.1) is 0 Å². The molecule has 1 rings (SSSR count). The van der Waals surface area contributed by atoms with Gasteiger partial charge in [0.15, 0.2) is 0 Å². The summed E-state index contributed by atoms with van der Waals surface area (Å²) >= 11 is 0. The van der Waals surface area contributed by atoms with E-state index in [-0.39, 0.29) is 24.8 Å². The minimum absolute atomic E-state index is 0.154. The van der Waals surface area contributed by atoms with E-state index in [0.29, 0.717) is 18.7 Å². The number of amides is 1. The molecule has 1 aromatic carbocycles. The summed E-state index contributed by atoms with van der Waals surface area (Å²) in [4.78, 5) is 25.5. The zero-order valence-corrected chi connectivity index (χ0v) is 13.3. The fraction of sp³-hybridized carbons (Fsp3) is 0.529. The molecular formula is C17H24FNO3. The standard InChI is InChI=1S/C17H24FNO3/c1-3-5-6-11-19(12-10-16(20)22-4-2)17(21)14-8-7-9-15(18)13-14/h7-9,13H,3-6,10-12H2,1-2H3. The molecule has 4 nitrogen and oxygen atoms in total.